The maximum atomic E-state index is 6.10. The third kappa shape index (κ3) is 3.62. The number of nitrogens with one attached hydrogen (secondary N) is 1. The molecule has 0 radical (unpaired) electrons. The van der Waals surface area contributed by atoms with Crippen molar-refractivity contribution in [3.63, 3.8) is 0 Å². The molecule has 1 atom stereocenters. The molecule has 28 heavy (non-hydrogen) atoms. The Balaban J connectivity index is 1.84. The van der Waals surface area contributed by atoms with Crippen LogP contribution in [-0.4, -0.2) is 20.2 Å². The van der Waals surface area contributed by atoms with Crippen LogP contribution < -0.4 is 5.32 Å². The lowest BCUT2D eigenvalue weighted by atomic mass is 10.0. The zero-order valence-corrected chi connectivity index (χ0v) is 16.4. The van der Waals surface area contributed by atoms with Gasteiger partial charge in [-0.15, -0.1) is 5.10 Å². The summed E-state index contributed by atoms with van der Waals surface area (Å²) in [6, 6.07) is 23.7. The first kappa shape index (κ1) is 18.2. The number of para-hydroxylation sites is 2. The van der Waals surface area contributed by atoms with Crippen LogP contribution in [0.3, 0.4) is 0 Å². The van der Waals surface area contributed by atoms with Gasteiger partial charge in [-0.2, -0.15) is 4.68 Å². The fourth-order valence-corrected chi connectivity index (χ4v) is 3.45. The molecule has 0 aliphatic rings. The van der Waals surface area contributed by atoms with Gasteiger partial charge >= 0.3 is 0 Å². The Bertz CT molecular complexity index is 1050. The van der Waals surface area contributed by atoms with E-state index in [4.69, 9.17) is 11.6 Å². The molecule has 4 aromatic rings. The van der Waals surface area contributed by atoms with Gasteiger partial charge in [0.25, 0.3) is 0 Å². The summed E-state index contributed by atoms with van der Waals surface area (Å²) < 4.78 is 1.82. The average molecular weight is 390 g/mol. The van der Waals surface area contributed by atoms with E-state index >= 15 is 0 Å². The van der Waals surface area contributed by atoms with Gasteiger partial charge in [0.15, 0.2) is 5.82 Å². The Labute approximate surface area is 169 Å². The zero-order chi connectivity index (χ0) is 19.5. The molecule has 0 aliphatic heterocycles. The minimum absolute atomic E-state index is 0.242. The molecule has 1 unspecified atom stereocenters. The first-order chi connectivity index (χ1) is 13.6. The smallest absolute Gasteiger partial charge is 0.183 e. The molecule has 1 N–H and O–H groups in total. The molecule has 3 aromatic carbocycles. The van der Waals surface area contributed by atoms with Crippen LogP contribution in [0.15, 0.2) is 72.8 Å². The van der Waals surface area contributed by atoms with Gasteiger partial charge in [0.1, 0.15) is 6.04 Å². The molecule has 140 valence electrons. The number of rotatable bonds is 5. The largest absolute Gasteiger partial charge is 0.371 e. The quantitative estimate of drug-likeness (QED) is 0.513. The van der Waals surface area contributed by atoms with Gasteiger partial charge in [-0.1, -0.05) is 60.1 Å². The van der Waals surface area contributed by atoms with Crippen LogP contribution in [0.25, 0.3) is 5.69 Å². The molecule has 0 fully saturated rings. The molecule has 0 amide bonds. The van der Waals surface area contributed by atoms with Crippen molar-refractivity contribution in [1.29, 1.82) is 0 Å². The monoisotopic (exact) mass is 389 g/mol. The molecule has 0 bridgehead atoms. The molecule has 0 saturated carbocycles. The number of tetrazole rings is 1. The summed E-state index contributed by atoms with van der Waals surface area (Å²) in [5.74, 6) is 0.712. The van der Waals surface area contributed by atoms with Crippen molar-refractivity contribution in [2.75, 3.05) is 5.32 Å². The number of hydrogen-bond donors (Lipinski definition) is 1. The lowest BCUT2D eigenvalue weighted by Crippen LogP contribution is -2.19. The summed E-state index contributed by atoms with van der Waals surface area (Å²) >= 11 is 6.10. The van der Waals surface area contributed by atoms with Crippen molar-refractivity contribution < 1.29 is 0 Å². The van der Waals surface area contributed by atoms with Crippen molar-refractivity contribution >= 4 is 17.3 Å². The van der Waals surface area contributed by atoms with E-state index < -0.39 is 0 Å². The second kappa shape index (κ2) is 7.82. The van der Waals surface area contributed by atoms with Crippen LogP contribution in [0.4, 0.5) is 5.69 Å². The van der Waals surface area contributed by atoms with Gasteiger partial charge in [0.2, 0.25) is 0 Å². The lowest BCUT2D eigenvalue weighted by molar-refractivity contribution is 0.731. The van der Waals surface area contributed by atoms with E-state index in [1.165, 1.54) is 0 Å². The minimum Gasteiger partial charge on any atom is -0.371 e. The van der Waals surface area contributed by atoms with E-state index in [0.717, 1.165) is 28.1 Å². The summed E-state index contributed by atoms with van der Waals surface area (Å²) in [6.45, 7) is 4.13. The fourth-order valence-electron chi connectivity index (χ4n) is 3.33. The molecule has 1 heterocycles. The van der Waals surface area contributed by atoms with E-state index in [1.807, 2.05) is 65.3 Å². The maximum Gasteiger partial charge on any atom is 0.183 e. The highest BCUT2D eigenvalue weighted by Gasteiger charge is 2.23. The summed E-state index contributed by atoms with van der Waals surface area (Å²) in [7, 11) is 0. The van der Waals surface area contributed by atoms with Gasteiger partial charge in [-0.05, 0) is 65.2 Å². The maximum absolute atomic E-state index is 6.10. The van der Waals surface area contributed by atoms with Gasteiger partial charge in [0, 0.05) is 10.7 Å². The Morgan fingerprint density at radius 1 is 0.857 bits per heavy atom. The number of aromatic nitrogens is 4. The van der Waals surface area contributed by atoms with Crippen molar-refractivity contribution in [3.8, 4) is 5.69 Å². The summed E-state index contributed by atoms with van der Waals surface area (Å²) in [4.78, 5) is 0. The van der Waals surface area contributed by atoms with Crippen LogP contribution in [0.5, 0.6) is 0 Å². The first-order valence-electron chi connectivity index (χ1n) is 9.05. The predicted molar refractivity (Wildman–Crippen MR) is 112 cm³/mol. The molecule has 4 rings (SSSR count). The number of halogens is 1. The van der Waals surface area contributed by atoms with Crippen LogP contribution >= 0.6 is 11.6 Å². The van der Waals surface area contributed by atoms with Crippen molar-refractivity contribution in [1.82, 2.24) is 20.2 Å². The zero-order valence-electron chi connectivity index (χ0n) is 15.7. The second-order valence-corrected chi connectivity index (χ2v) is 7.12. The highest BCUT2D eigenvalue weighted by molar-refractivity contribution is 6.30. The number of anilines is 1. The molecular formula is C22H20ClN5. The number of nitrogens with zero attached hydrogens (tertiary/aromatic N) is 4. The highest BCUT2D eigenvalue weighted by atomic mass is 35.5. The van der Waals surface area contributed by atoms with Gasteiger partial charge < -0.3 is 5.32 Å². The van der Waals surface area contributed by atoms with Crippen molar-refractivity contribution in [2.45, 2.75) is 19.9 Å². The molecular weight excluding hydrogens is 370 g/mol. The number of hydrogen-bond acceptors (Lipinski definition) is 4. The third-order valence-corrected chi connectivity index (χ3v) is 4.94. The molecule has 0 aliphatic carbocycles. The molecule has 0 spiro atoms. The Morgan fingerprint density at radius 2 is 1.54 bits per heavy atom. The predicted octanol–water partition coefficient (Wildman–Crippen LogP) is 5.13. The molecule has 5 nitrogen and oxygen atoms in total. The van der Waals surface area contributed by atoms with Crippen LogP contribution in [0, 0.1) is 13.8 Å². The lowest BCUT2D eigenvalue weighted by Gasteiger charge is -2.21. The molecule has 0 saturated heterocycles. The molecule has 6 heteroatoms. The van der Waals surface area contributed by atoms with Crippen molar-refractivity contribution in [2.24, 2.45) is 0 Å². The first-order valence-corrected chi connectivity index (χ1v) is 9.43. The van der Waals surface area contributed by atoms with Gasteiger partial charge in [-0.25, -0.2) is 0 Å². The molecule has 1 aromatic heterocycles. The summed E-state index contributed by atoms with van der Waals surface area (Å²) in [5, 5.41) is 16.9. The average Bonchev–Trinajstić information content (AvgIpc) is 3.17. The topological polar surface area (TPSA) is 55.6 Å². The van der Waals surface area contributed by atoms with Crippen LogP contribution in [0.1, 0.15) is 28.6 Å². The van der Waals surface area contributed by atoms with E-state index in [0.29, 0.717) is 10.8 Å². The second-order valence-electron chi connectivity index (χ2n) is 6.68. The van der Waals surface area contributed by atoms with Gasteiger partial charge in [-0.3, -0.25) is 0 Å². The normalized spacial score (nSPS) is 12.0. The van der Waals surface area contributed by atoms with Crippen LogP contribution in [0.2, 0.25) is 5.02 Å². The number of benzene rings is 3. The highest BCUT2D eigenvalue weighted by Crippen LogP contribution is 2.29. The standard InChI is InChI=1S/C22H20ClN5/c1-15-7-6-8-16(2)21(15)28-22(25-26-27-28)20(17-11-13-18(23)14-12-17)24-19-9-4-3-5-10-19/h3-14,20,24H,1-2H3. The third-order valence-electron chi connectivity index (χ3n) is 4.69. The van der Waals surface area contributed by atoms with E-state index in [-0.39, 0.29) is 6.04 Å². The summed E-state index contributed by atoms with van der Waals surface area (Å²) in [5.41, 5.74) is 5.23. The Kier molecular flexibility index (Phi) is 5.08. The van der Waals surface area contributed by atoms with E-state index in [1.54, 1.807) is 0 Å². The fraction of sp³-hybridized carbons (Fsp3) is 0.136. The Hall–Kier alpha value is -3.18. The van der Waals surface area contributed by atoms with E-state index in [2.05, 4.69) is 46.8 Å². The minimum atomic E-state index is -0.242. The summed E-state index contributed by atoms with van der Waals surface area (Å²) in [6.07, 6.45) is 0. The van der Waals surface area contributed by atoms with E-state index in [9.17, 15) is 0 Å². The SMILES string of the molecule is Cc1cccc(C)c1-n1nnnc1C(Nc1ccccc1)c1ccc(Cl)cc1. The van der Waals surface area contributed by atoms with Gasteiger partial charge in [0.05, 0.1) is 5.69 Å². The number of aryl methyl sites for hydroxylation is 2. The van der Waals surface area contributed by atoms with Crippen molar-refractivity contribution in [3.05, 3.63) is 100 Å². The Morgan fingerprint density at radius 3 is 2.21 bits per heavy atom. The van der Waals surface area contributed by atoms with Crippen LogP contribution in [-0.2, 0) is 0 Å².